The largest absolute Gasteiger partial charge is 0.393 e. The number of rotatable bonds is 6. The van der Waals surface area contributed by atoms with E-state index in [1.807, 2.05) is 0 Å². The van der Waals surface area contributed by atoms with E-state index in [1.54, 1.807) is 7.11 Å². The third-order valence-electron chi connectivity index (χ3n) is 2.95. The van der Waals surface area contributed by atoms with Gasteiger partial charge in [0.2, 0.25) is 0 Å². The first-order chi connectivity index (χ1) is 6.00. The predicted molar refractivity (Wildman–Crippen MR) is 55.7 cm³/mol. The summed E-state index contributed by atoms with van der Waals surface area (Å²) in [4.78, 5) is 0. The summed E-state index contributed by atoms with van der Waals surface area (Å²) in [5.41, 5.74) is 0. The molecule has 0 aliphatic carbocycles. The topological polar surface area (TPSA) is 29.5 Å². The highest BCUT2D eigenvalue weighted by Gasteiger charge is 2.22. The van der Waals surface area contributed by atoms with E-state index in [1.165, 1.54) is 0 Å². The fourth-order valence-corrected chi connectivity index (χ4v) is 1.39. The number of ether oxygens (including phenoxy) is 1. The number of aliphatic hydroxyl groups excluding tert-OH is 1. The van der Waals surface area contributed by atoms with Crippen molar-refractivity contribution in [1.29, 1.82) is 0 Å². The first-order valence-corrected chi connectivity index (χ1v) is 5.17. The van der Waals surface area contributed by atoms with E-state index in [9.17, 15) is 5.11 Å². The van der Waals surface area contributed by atoms with Gasteiger partial charge in [-0.3, -0.25) is 0 Å². The van der Waals surface area contributed by atoms with Crippen LogP contribution in [0.25, 0.3) is 0 Å². The van der Waals surface area contributed by atoms with Crippen molar-refractivity contribution in [3.05, 3.63) is 0 Å². The molecule has 0 aromatic rings. The number of hydrogen-bond donors (Lipinski definition) is 1. The molecule has 0 aromatic heterocycles. The molecule has 80 valence electrons. The van der Waals surface area contributed by atoms with Gasteiger partial charge in [0.1, 0.15) is 0 Å². The van der Waals surface area contributed by atoms with Crippen molar-refractivity contribution < 1.29 is 9.84 Å². The van der Waals surface area contributed by atoms with E-state index in [2.05, 4.69) is 27.7 Å². The molecule has 0 radical (unpaired) electrons. The molecule has 0 saturated heterocycles. The lowest BCUT2D eigenvalue weighted by molar-refractivity contribution is 0.0310. The molecule has 0 heterocycles. The summed E-state index contributed by atoms with van der Waals surface area (Å²) >= 11 is 0. The molecule has 3 atom stereocenters. The Morgan fingerprint density at radius 2 is 1.69 bits per heavy atom. The Labute approximate surface area is 82.3 Å². The van der Waals surface area contributed by atoms with Gasteiger partial charge in [0, 0.05) is 13.7 Å². The van der Waals surface area contributed by atoms with E-state index in [0.717, 1.165) is 13.0 Å². The van der Waals surface area contributed by atoms with Crippen LogP contribution in [0.4, 0.5) is 0 Å². The van der Waals surface area contributed by atoms with Gasteiger partial charge in [-0.15, -0.1) is 0 Å². The Morgan fingerprint density at radius 1 is 1.15 bits per heavy atom. The first-order valence-electron chi connectivity index (χ1n) is 5.17. The molecule has 0 aliphatic heterocycles. The van der Waals surface area contributed by atoms with E-state index >= 15 is 0 Å². The maximum atomic E-state index is 9.93. The van der Waals surface area contributed by atoms with Crippen LogP contribution in [0.3, 0.4) is 0 Å². The van der Waals surface area contributed by atoms with Crippen LogP contribution in [0, 0.1) is 17.8 Å². The fourth-order valence-electron chi connectivity index (χ4n) is 1.39. The Kier molecular flexibility index (Phi) is 6.35. The van der Waals surface area contributed by atoms with Crippen molar-refractivity contribution in [2.45, 2.75) is 40.2 Å². The third kappa shape index (κ3) is 4.63. The molecule has 0 rings (SSSR count). The average Bonchev–Trinajstić information content (AvgIpc) is 2.11. The van der Waals surface area contributed by atoms with Gasteiger partial charge >= 0.3 is 0 Å². The molecule has 0 aliphatic rings. The Morgan fingerprint density at radius 3 is 2.08 bits per heavy atom. The lowest BCUT2D eigenvalue weighted by atomic mass is 9.84. The highest BCUT2D eigenvalue weighted by Crippen LogP contribution is 2.22. The standard InChI is InChI=1S/C11H24O2/c1-8(2)10(4)11(12)9(3)6-7-13-5/h8-12H,6-7H2,1-5H3. The minimum Gasteiger partial charge on any atom is -0.393 e. The maximum absolute atomic E-state index is 9.93. The van der Waals surface area contributed by atoms with Gasteiger partial charge in [0.05, 0.1) is 6.10 Å². The van der Waals surface area contributed by atoms with E-state index < -0.39 is 0 Å². The Hall–Kier alpha value is -0.0800. The molecule has 0 aromatic carbocycles. The minimum absolute atomic E-state index is 0.199. The summed E-state index contributed by atoms with van der Waals surface area (Å²) < 4.78 is 4.99. The van der Waals surface area contributed by atoms with Crippen molar-refractivity contribution in [2.75, 3.05) is 13.7 Å². The van der Waals surface area contributed by atoms with Crippen molar-refractivity contribution >= 4 is 0 Å². The highest BCUT2D eigenvalue weighted by atomic mass is 16.5. The van der Waals surface area contributed by atoms with Crippen LogP contribution in [0.15, 0.2) is 0 Å². The molecule has 3 unspecified atom stereocenters. The van der Waals surface area contributed by atoms with Crippen molar-refractivity contribution in [3.63, 3.8) is 0 Å². The highest BCUT2D eigenvalue weighted by molar-refractivity contribution is 4.72. The summed E-state index contributed by atoms with van der Waals surface area (Å²) in [6.45, 7) is 9.23. The normalized spacial score (nSPS) is 18.7. The summed E-state index contributed by atoms with van der Waals surface area (Å²) in [5.74, 6) is 1.24. The summed E-state index contributed by atoms with van der Waals surface area (Å²) in [7, 11) is 1.70. The second-order valence-corrected chi connectivity index (χ2v) is 4.35. The second-order valence-electron chi connectivity index (χ2n) is 4.35. The minimum atomic E-state index is -0.199. The first kappa shape index (κ1) is 12.9. The van der Waals surface area contributed by atoms with E-state index in [-0.39, 0.29) is 6.10 Å². The zero-order valence-electron chi connectivity index (χ0n) is 9.58. The second kappa shape index (κ2) is 6.39. The lowest BCUT2D eigenvalue weighted by Crippen LogP contribution is -2.29. The zero-order valence-corrected chi connectivity index (χ0v) is 9.58. The van der Waals surface area contributed by atoms with Crippen molar-refractivity contribution in [3.8, 4) is 0 Å². The van der Waals surface area contributed by atoms with E-state index in [4.69, 9.17) is 4.74 Å². The smallest absolute Gasteiger partial charge is 0.0594 e. The summed E-state index contributed by atoms with van der Waals surface area (Å²) in [5, 5.41) is 9.93. The van der Waals surface area contributed by atoms with Crippen LogP contribution in [0.5, 0.6) is 0 Å². The fraction of sp³-hybridized carbons (Fsp3) is 1.00. The molecular weight excluding hydrogens is 164 g/mol. The van der Waals surface area contributed by atoms with Crippen LogP contribution in [0.2, 0.25) is 0 Å². The van der Waals surface area contributed by atoms with Crippen LogP contribution in [-0.4, -0.2) is 24.9 Å². The molecule has 13 heavy (non-hydrogen) atoms. The van der Waals surface area contributed by atoms with Gasteiger partial charge in [-0.2, -0.15) is 0 Å². The Balaban J connectivity index is 3.86. The quantitative estimate of drug-likeness (QED) is 0.693. The monoisotopic (exact) mass is 188 g/mol. The van der Waals surface area contributed by atoms with Gasteiger partial charge in [-0.1, -0.05) is 27.7 Å². The summed E-state index contributed by atoms with van der Waals surface area (Å²) in [6.07, 6.45) is 0.740. The molecule has 0 fully saturated rings. The van der Waals surface area contributed by atoms with Gasteiger partial charge in [0.25, 0.3) is 0 Å². The molecule has 0 bridgehead atoms. The molecule has 0 spiro atoms. The maximum Gasteiger partial charge on any atom is 0.0594 e. The van der Waals surface area contributed by atoms with Crippen molar-refractivity contribution in [2.24, 2.45) is 17.8 Å². The van der Waals surface area contributed by atoms with Crippen LogP contribution >= 0.6 is 0 Å². The van der Waals surface area contributed by atoms with Crippen molar-refractivity contribution in [1.82, 2.24) is 0 Å². The van der Waals surface area contributed by atoms with Gasteiger partial charge in [-0.05, 0) is 24.2 Å². The molecule has 1 N–H and O–H groups in total. The SMILES string of the molecule is COCCC(C)C(O)C(C)C(C)C. The molecule has 0 amide bonds. The van der Waals surface area contributed by atoms with Crippen LogP contribution in [-0.2, 0) is 4.74 Å². The van der Waals surface area contributed by atoms with Gasteiger partial charge in [0.15, 0.2) is 0 Å². The molecular formula is C11H24O2. The van der Waals surface area contributed by atoms with Crippen LogP contribution < -0.4 is 0 Å². The lowest BCUT2D eigenvalue weighted by Gasteiger charge is -2.27. The van der Waals surface area contributed by atoms with Crippen LogP contribution in [0.1, 0.15) is 34.1 Å². The predicted octanol–water partition coefficient (Wildman–Crippen LogP) is 2.31. The average molecular weight is 188 g/mol. The number of aliphatic hydroxyl groups is 1. The zero-order chi connectivity index (χ0) is 10.4. The Bertz CT molecular complexity index is 123. The number of hydrogen-bond acceptors (Lipinski definition) is 2. The summed E-state index contributed by atoms with van der Waals surface area (Å²) in [6, 6.07) is 0. The third-order valence-corrected chi connectivity index (χ3v) is 2.95. The van der Waals surface area contributed by atoms with Gasteiger partial charge < -0.3 is 9.84 Å². The molecule has 0 saturated carbocycles. The van der Waals surface area contributed by atoms with Gasteiger partial charge in [-0.25, -0.2) is 0 Å². The molecule has 2 nitrogen and oxygen atoms in total. The number of methoxy groups -OCH3 is 1. The molecule has 2 heteroatoms. The van der Waals surface area contributed by atoms with E-state index in [0.29, 0.717) is 17.8 Å².